The maximum absolute atomic E-state index is 13.4. The van der Waals surface area contributed by atoms with Gasteiger partial charge in [0.05, 0.1) is 16.5 Å². The second-order valence-electron chi connectivity index (χ2n) is 8.93. The predicted octanol–water partition coefficient (Wildman–Crippen LogP) is 6.23. The molecule has 1 atom stereocenters. The van der Waals surface area contributed by atoms with Crippen LogP contribution in [0, 0.1) is 17.0 Å². The third kappa shape index (κ3) is 5.70. The molecule has 0 radical (unpaired) electrons. The van der Waals surface area contributed by atoms with Crippen LogP contribution >= 0.6 is 23.1 Å². The highest BCUT2D eigenvalue weighted by molar-refractivity contribution is 8.00. The van der Waals surface area contributed by atoms with Crippen molar-refractivity contribution in [1.82, 2.24) is 10.2 Å². The van der Waals surface area contributed by atoms with Gasteiger partial charge in [-0.1, -0.05) is 101 Å². The smallest absolute Gasteiger partial charge is 0.296 e. The Morgan fingerprint density at radius 3 is 2.58 bits per heavy atom. The highest BCUT2D eigenvalue weighted by Gasteiger charge is 2.45. The van der Waals surface area contributed by atoms with Gasteiger partial charge in [0.1, 0.15) is 0 Å². The second-order valence-corrected chi connectivity index (χ2v) is 11.1. The van der Waals surface area contributed by atoms with E-state index >= 15 is 0 Å². The predicted molar refractivity (Wildman–Crippen MR) is 154 cm³/mol. The summed E-state index contributed by atoms with van der Waals surface area (Å²) in [7, 11) is 0. The molecular weight excluding hydrogens is 548 g/mol. The standard InChI is InChI=1S/C29H22N4O5S2/c1-18-10-12-20(13-11-18)17-39-29-31-30-28(40-29)32-25(21-8-5-9-22(16-21)33(37)38)24(26(35)27(32)36)23(34)15-14-19-6-3-2-4-7-19/h2-16,25,35H,17H2,1H3/b15-14+. The molecule has 3 aromatic carbocycles. The van der Waals surface area contributed by atoms with Gasteiger partial charge in [0.25, 0.3) is 11.6 Å². The molecule has 1 unspecified atom stereocenters. The fraction of sp³-hybridized carbons (Fsp3) is 0.103. The first-order valence-electron chi connectivity index (χ1n) is 12.1. The number of thioether (sulfide) groups is 1. The molecule has 1 aliphatic heterocycles. The molecule has 1 aliphatic rings. The van der Waals surface area contributed by atoms with E-state index < -0.39 is 28.4 Å². The molecule has 0 spiro atoms. The fourth-order valence-corrected chi connectivity index (χ4v) is 6.01. The number of rotatable bonds is 9. The first-order valence-corrected chi connectivity index (χ1v) is 13.9. The van der Waals surface area contributed by atoms with Crippen LogP contribution < -0.4 is 4.90 Å². The monoisotopic (exact) mass is 570 g/mol. The van der Waals surface area contributed by atoms with E-state index in [-0.39, 0.29) is 22.0 Å². The Bertz CT molecular complexity index is 1650. The number of aliphatic hydroxyl groups excluding tert-OH is 1. The van der Waals surface area contributed by atoms with E-state index in [0.717, 1.165) is 28.0 Å². The molecule has 0 bridgehead atoms. The summed E-state index contributed by atoms with van der Waals surface area (Å²) in [4.78, 5) is 38.9. The number of aliphatic hydroxyl groups is 1. The van der Waals surface area contributed by atoms with E-state index in [1.807, 2.05) is 49.4 Å². The van der Waals surface area contributed by atoms with Gasteiger partial charge < -0.3 is 5.11 Å². The molecule has 40 heavy (non-hydrogen) atoms. The number of carbonyl (C=O) groups is 2. The summed E-state index contributed by atoms with van der Waals surface area (Å²) >= 11 is 2.58. The van der Waals surface area contributed by atoms with Crippen LogP contribution in [0.5, 0.6) is 0 Å². The van der Waals surface area contributed by atoms with Crippen molar-refractivity contribution in [2.45, 2.75) is 23.1 Å². The number of hydrogen-bond acceptors (Lipinski definition) is 9. The minimum absolute atomic E-state index is 0.161. The summed E-state index contributed by atoms with van der Waals surface area (Å²) < 4.78 is 0.587. The van der Waals surface area contributed by atoms with Crippen molar-refractivity contribution in [3.05, 3.63) is 129 Å². The summed E-state index contributed by atoms with van der Waals surface area (Å²) in [6, 6.07) is 21.7. The zero-order valence-corrected chi connectivity index (χ0v) is 22.8. The van der Waals surface area contributed by atoms with E-state index in [2.05, 4.69) is 10.2 Å². The number of anilines is 1. The van der Waals surface area contributed by atoms with Gasteiger partial charge in [-0.3, -0.25) is 24.6 Å². The van der Waals surface area contributed by atoms with Crippen molar-refractivity contribution in [3.63, 3.8) is 0 Å². The molecule has 4 aromatic rings. The number of non-ortho nitro benzene ring substituents is 1. The van der Waals surface area contributed by atoms with Gasteiger partial charge in [0.15, 0.2) is 15.9 Å². The van der Waals surface area contributed by atoms with Crippen LogP contribution in [0.15, 0.2) is 101 Å². The average Bonchev–Trinajstić information content (AvgIpc) is 3.54. The Hall–Kier alpha value is -4.61. The van der Waals surface area contributed by atoms with E-state index in [9.17, 15) is 24.8 Å². The second kappa shape index (κ2) is 11.6. The van der Waals surface area contributed by atoms with Gasteiger partial charge in [-0.15, -0.1) is 10.2 Å². The number of nitrogens with zero attached hydrogens (tertiary/aromatic N) is 4. The van der Waals surface area contributed by atoms with E-state index in [4.69, 9.17) is 0 Å². The number of hydrogen-bond donors (Lipinski definition) is 1. The van der Waals surface area contributed by atoms with Gasteiger partial charge in [0, 0.05) is 17.9 Å². The van der Waals surface area contributed by atoms with Crippen LogP contribution in [-0.2, 0) is 15.3 Å². The number of allylic oxidation sites excluding steroid dienone is 1. The molecule has 1 amide bonds. The lowest BCUT2D eigenvalue weighted by Gasteiger charge is -2.23. The van der Waals surface area contributed by atoms with Crippen molar-refractivity contribution in [1.29, 1.82) is 0 Å². The van der Waals surface area contributed by atoms with Gasteiger partial charge in [-0.05, 0) is 29.7 Å². The summed E-state index contributed by atoms with van der Waals surface area (Å²) in [6.45, 7) is 2.01. The molecule has 5 rings (SSSR count). The first kappa shape index (κ1) is 27.0. The van der Waals surface area contributed by atoms with Crippen molar-refractivity contribution in [2.24, 2.45) is 0 Å². The lowest BCUT2D eigenvalue weighted by molar-refractivity contribution is -0.384. The number of aryl methyl sites for hydroxylation is 1. The number of nitro benzene ring substituents is 1. The molecule has 9 nitrogen and oxygen atoms in total. The molecule has 200 valence electrons. The maximum atomic E-state index is 13.4. The third-order valence-electron chi connectivity index (χ3n) is 6.18. The van der Waals surface area contributed by atoms with Crippen LogP contribution in [0.25, 0.3) is 6.08 Å². The summed E-state index contributed by atoms with van der Waals surface area (Å²) in [5, 5.41) is 30.9. The quantitative estimate of drug-likeness (QED) is 0.0825. The highest BCUT2D eigenvalue weighted by atomic mass is 32.2. The van der Waals surface area contributed by atoms with Crippen LogP contribution in [0.4, 0.5) is 10.8 Å². The van der Waals surface area contributed by atoms with E-state index in [1.165, 1.54) is 40.9 Å². The van der Waals surface area contributed by atoms with Crippen molar-refractivity contribution >= 4 is 51.7 Å². The van der Waals surface area contributed by atoms with E-state index in [0.29, 0.717) is 10.1 Å². The number of ketones is 1. The Labute approximate surface area is 237 Å². The summed E-state index contributed by atoms with van der Waals surface area (Å²) in [6.07, 6.45) is 2.84. The largest absolute Gasteiger partial charge is 0.503 e. The SMILES string of the molecule is Cc1ccc(CSc2nnc(N3C(=O)C(O)=C(C(=O)/C=C/c4ccccc4)C3c3cccc([N+](=O)[O-])c3)s2)cc1. The van der Waals surface area contributed by atoms with Gasteiger partial charge in [0.2, 0.25) is 5.13 Å². The Kier molecular flexibility index (Phi) is 7.85. The molecule has 2 heterocycles. The number of benzene rings is 3. The molecule has 0 aliphatic carbocycles. The van der Waals surface area contributed by atoms with Crippen molar-refractivity contribution in [3.8, 4) is 0 Å². The minimum atomic E-state index is -1.14. The molecule has 1 N–H and O–H groups in total. The van der Waals surface area contributed by atoms with Crippen LogP contribution in [0.1, 0.15) is 28.3 Å². The molecule has 0 saturated heterocycles. The van der Waals surface area contributed by atoms with Crippen LogP contribution in [0.2, 0.25) is 0 Å². The third-order valence-corrected chi connectivity index (χ3v) is 8.31. The molecule has 0 saturated carbocycles. The first-order chi connectivity index (χ1) is 19.3. The zero-order chi connectivity index (χ0) is 28.2. The lowest BCUT2D eigenvalue weighted by atomic mass is 9.95. The topological polar surface area (TPSA) is 127 Å². The van der Waals surface area contributed by atoms with Crippen molar-refractivity contribution in [2.75, 3.05) is 4.90 Å². The maximum Gasteiger partial charge on any atom is 0.296 e. The molecule has 0 fully saturated rings. The molecular formula is C29H22N4O5S2. The zero-order valence-electron chi connectivity index (χ0n) is 21.1. The normalized spacial score (nSPS) is 15.3. The number of amides is 1. The fourth-order valence-electron chi connectivity index (χ4n) is 4.19. The van der Waals surface area contributed by atoms with E-state index in [1.54, 1.807) is 24.3 Å². The Balaban J connectivity index is 1.49. The average molecular weight is 571 g/mol. The highest BCUT2D eigenvalue weighted by Crippen LogP contribution is 2.43. The van der Waals surface area contributed by atoms with Crippen LogP contribution in [-0.4, -0.2) is 31.9 Å². The van der Waals surface area contributed by atoms with Crippen molar-refractivity contribution < 1.29 is 19.6 Å². The molecule has 1 aromatic heterocycles. The van der Waals surface area contributed by atoms with Gasteiger partial charge >= 0.3 is 0 Å². The number of nitro groups is 1. The van der Waals surface area contributed by atoms with Gasteiger partial charge in [-0.2, -0.15) is 0 Å². The van der Waals surface area contributed by atoms with Crippen LogP contribution in [0.3, 0.4) is 0 Å². The Morgan fingerprint density at radius 2 is 1.85 bits per heavy atom. The lowest BCUT2D eigenvalue weighted by Crippen LogP contribution is -2.30. The minimum Gasteiger partial charge on any atom is -0.503 e. The Morgan fingerprint density at radius 1 is 1.10 bits per heavy atom. The summed E-state index contributed by atoms with van der Waals surface area (Å²) in [5.41, 5.74) is 2.88. The van der Waals surface area contributed by atoms with Gasteiger partial charge in [-0.25, -0.2) is 0 Å². The summed E-state index contributed by atoms with van der Waals surface area (Å²) in [5.74, 6) is -1.54. The molecule has 11 heteroatoms. The number of aromatic nitrogens is 2. The number of carbonyl (C=O) groups excluding carboxylic acids is 2.